The lowest BCUT2D eigenvalue weighted by atomic mass is 10.1. The summed E-state index contributed by atoms with van der Waals surface area (Å²) in [6, 6.07) is 17.0. The fourth-order valence-electron chi connectivity index (χ4n) is 2.77. The molecule has 0 bridgehead atoms. The van der Waals surface area contributed by atoms with E-state index in [1.165, 1.54) is 30.3 Å². The highest BCUT2D eigenvalue weighted by Gasteiger charge is 2.15. The number of carbonyl (C=O) groups is 2. The van der Waals surface area contributed by atoms with Crippen molar-refractivity contribution in [3.8, 4) is 5.75 Å². The van der Waals surface area contributed by atoms with Crippen molar-refractivity contribution in [2.24, 2.45) is 0 Å². The molecule has 1 unspecified atom stereocenters. The molecule has 3 rings (SSSR count). The summed E-state index contributed by atoms with van der Waals surface area (Å²) in [7, 11) is 0. The third-order valence-electron chi connectivity index (χ3n) is 4.53. The van der Waals surface area contributed by atoms with Crippen LogP contribution in [0.25, 0.3) is 0 Å². The zero-order valence-electron chi connectivity index (χ0n) is 17.1. The van der Waals surface area contributed by atoms with Gasteiger partial charge < -0.3 is 15.4 Å². The minimum atomic E-state index is -0.606. The molecule has 0 spiro atoms. The molecule has 3 aromatic carbocycles. The summed E-state index contributed by atoms with van der Waals surface area (Å²) >= 11 is 4.12. The van der Waals surface area contributed by atoms with Crippen LogP contribution in [0.4, 0.5) is 19.3 Å². The summed E-state index contributed by atoms with van der Waals surface area (Å²) < 4.78 is 33.3. The smallest absolute Gasteiger partial charge is 0.330 e. The Kier molecular flexibility index (Phi) is 7.67. The first-order chi connectivity index (χ1) is 15.3. The maximum Gasteiger partial charge on any atom is 0.330 e. The van der Waals surface area contributed by atoms with Crippen molar-refractivity contribution < 1.29 is 23.1 Å². The van der Waals surface area contributed by atoms with Gasteiger partial charge in [0.25, 0.3) is 5.91 Å². The molecule has 6 nitrogen and oxygen atoms in total. The predicted molar refractivity (Wildman–Crippen MR) is 120 cm³/mol. The van der Waals surface area contributed by atoms with Crippen LogP contribution in [-0.2, 0) is 0 Å². The van der Waals surface area contributed by atoms with E-state index in [0.717, 1.165) is 9.87 Å². The van der Waals surface area contributed by atoms with Crippen LogP contribution in [0.2, 0.25) is 0 Å². The van der Waals surface area contributed by atoms with Gasteiger partial charge in [-0.15, -0.1) is 0 Å². The minimum absolute atomic E-state index is 0.0561. The molecule has 32 heavy (non-hydrogen) atoms. The number of thiol groups is 1. The third kappa shape index (κ3) is 6.21. The Morgan fingerprint density at radius 3 is 2.31 bits per heavy atom. The van der Waals surface area contributed by atoms with Gasteiger partial charge in [0.05, 0.1) is 11.6 Å². The van der Waals surface area contributed by atoms with Gasteiger partial charge in [0.2, 0.25) is 0 Å². The number of amides is 3. The molecular formula is C23H21F2N3O3S. The van der Waals surface area contributed by atoms with Crippen molar-refractivity contribution in [3.63, 3.8) is 0 Å². The highest BCUT2D eigenvalue weighted by Crippen LogP contribution is 2.18. The molecule has 0 aliphatic rings. The topological polar surface area (TPSA) is 70.7 Å². The quantitative estimate of drug-likeness (QED) is 0.339. The summed E-state index contributed by atoms with van der Waals surface area (Å²) in [4.78, 5) is 24.4. The lowest BCUT2D eigenvalue weighted by Gasteiger charge is -2.20. The van der Waals surface area contributed by atoms with Gasteiger partial charge in [-0.3, -0.25) is 4.79 Å². The second-order valence-corrected chi connectivity index (χ2v) is 7.34. The molecule has 0 saturated carbocycles. The summed E-state index contributed by atoms with van der Waals surface area (Å²) in [5.41, 5.74) is 1.15. The molecule has 3 amide bonds. The molecular weight excluding hydrogens is 436 g/mol. The zero-order chi connectivity index (χ0) is 23.1. The number of anilines is 1. The van der Waals surface area contributed by atoms with Crippen molar-refractivity contribution in [1.82, 2.24) is 9.62 Å². The molecule has 2 N–H and O–H groups in total. The number of hydrogen-bond acceptors (Lipinski definition) is 4. The fraction of sp³-hybridized carbons (Fsp3) is 0.130. The Morgan fingerprint density at radius 2 is 1.66 bits per heavy atom. The Labute approximate surface area is 189 Å². The van der Waals surface area contributed by atoms with Crippen LogP contribution in [0.15, 0.2) is 72.8 Å². The minimum Gasteiger partial charge on any atom is -0.472 e. The number of carbonyl (C=O) groups excluding carboxylic acids is 2. The molecule has 0 radical (unpaired) electrons. The van der Waals surface area contributed by atoms with E-state index in [2.05, 4.69) is 23.4 Å². The SMILES string of the molecule is CC(NC(=O)N(S)COc1ccc(NC(=O)c2ccccc2F)cc1)c1ccc(F)cc1. The molecule has 0 saturated heterocycles. The summed E-state index contributed by atoms with van der Waals surface area (Å²) in [6.45, 7) is 1.62. The highest BCUT2D eigenvalue weighted by atomic mass is 32.1. The number of nitrogens with one attached hydrogen (secondary N) is 2. The second kappa shape index (κ2) is 10.6. The first kappa shape index (κ1) is 23.1. The molecule has 166 valence electrons. The molecule has 0 aliphatic carbocycles. The van der Waals surface area contributed by atoms with Crippen LogP contribution in [0.3, 0.4) is 0 Å². The lowest BCUT2D eigenvalue weighted by Crippen LogP contribution is -2.37. The van der Waals surface area contributed by atoms with Crippen LogP contribution in [0.5, 0.6) is 5.75 Å². The molecule has 9 heteroatoms. The normalized spacial score (nSPS) is 11.4. The molecule has 3 aromatic rings. The van der Waals surface area contributed by atoms with E-state index in [1.54, 1.807) is 49.4 Å². The maximum atomic E-state index is 13.7. The number of urea groups is 1. The van der Waals surface area contributed by atoms with Crippen molar-refractivity contribution in [1.29, 1.82) is 0 Å². The van der Waals surface area contributed by atoms with Crippen molar-refractivity contribution in [3.05, 3.63) is 95.6 Å². The van der Waals surface area contributed by atoms with Crippen LogP contribution in [-0.4, -0.2) is 23.0 Å². The van der Waals surface area contributed by atoms with Gasteiger partial charge in [-0.25, -0.2) is 17.9 Å². The number of halogens is 2. The van der Waals surface area contributed by atoms with Gasteiger partial charge in [-0.05, 0) is 61.0 Å². The number of ether oxygens (including phenoxy) is 1. The standard InChI is InChI=1S/C23H21F2N3O3S/c1-15(16-6-8-17(24)9-7-16)26-23(30)28(32)14-31-19-12-10-18(11-13-19)27-22(29)20-4-2-3-5-21(20)25/h2-13,15,32H,14H2,1H3,(H,26,30)(H,27,29). The largest absolute Gasteiger partial charge is 0.472 e. The number of rotatable bonds is 7. The number of nitrogens with zero attached hydrogens (tertiary/aromatic N) is 1. The average molecular weight is 458 g/mol. The van der Waals surface area contributed by atoms with Crippen molar-refractivity contribution in [2.45, 2.75) is 13.0 Å². The van der Waals surface area contributed by atoms with Crippen LogP contribution in [0, 0.1) is 11.6 Å². The van der Waals surface area contributed by atoms with E-state index >= 15 is 0 Å². The van der Waals surface area contributed by atoms with Crippen LogP contribution >= 0.6 is 12.8 Å². The third-order valence-corrected chi connectivity index (χ3v) is 4.83. The Bertz CT molecular complexity index is 1080. The van der Waals surface area contributed by atoms with Gasteiger partial charge >= 0.3 is 6.03 Å². The second-order valence-electron chi connectivity index (χ2n) is 6.85. The van der Waals surface area contributed by atoms with Gasteiger partial charge in [-0.2, -0.15) is 0 Å². The molecule has 0 fully saturated rings. The summed E-state index contributed by atoms with van der Waals surface area (Å²) in [6.07, 6.45) is 0. The fourth-order valence-corrected chi connectivity index (χ4v) is 2.88. The first-order valence-corrected chi connectivity index (χ1v) is 10.0. The Morgan fingerprint density at radius 1 is 1.00 bits per heavy atom. The van der Waals surface area contributed by atoms with E-state index in [0.29, 0.717) is 11.4 Å². The average Bonchev–Trinajstić information content (AvgIpc) is 2.79. The predicted octanol–water partition coefficient (Wildman–Crippen LogP) is 5.17. The van der Waals surface area contributed by atoms with E-state index in [4.69, 9.17) is 4.74 Å². The molecule has 0 heterocycles. The highest BCUT2D eigenvalue weighted by molar-refractivity contribution is 7.78. The summed E-state index contributed by atoms with van der Waals surface area (Å²) in [5.74, 6) is -1.09. The lowest BCUT2D eigenvalue weighted by molar-refractivity contribution is 0.102. The van der Waals surface area contributed by atoms with Gasteiger partial charge in [0.1, 0.15) is 17.4 Å². The Hall–Kier alpha value is -3.59. The van der Waals surface area contributed by atoms with Gasteiger partial charge in [-0.1, -0.05) is 37.1 Å². The Balaban J connectivity index is 1.48. The maximum absolute atomic E-state index is 13.7. The van der Waals surface area contributed by atoms with E-state index in [9.17, 15) is 18.4 Å². The van der Waals surface area contributed by atoms with E-state index in [-0.39, 0.29) is 24.2 Å². The first-order valence-electron chi connectivity index (χ1n) is 9.64. The van der Waals surface area contributed by atoms with Crippen molar-refractivity contribution in [2.75, 3.05) is 12.0 Å². The zero-order valence-corrected chi connectivity index (χ0v) is 18.0. The van der Waals surface area contributed by atoms with Crippen LogP contribution < -0.4 is 15.4 Å². The molecule has 0 aliphatic heterocycles. The van der Waals surface area contributed by atoms with Gasteiger partial charge in [0.15, 0.2) is 6.73 Å². The monoisotopic (exact) mass is 457 g/mol. The number of hydrogen-bond donors (Lipinski definition) is 3. The number of benzene rings is 3. The van der Waals surface area contributed by atoms with E-state index in [1.807, 2.05) is 0 Å². The van der Waals surface area contributed by atoms with Crippen molar-refractivity contribution >= 4 is 30.4 Å². The molecule has 0 aromatic heterocycles. The molecule has 1 atom stereocenters. The van der Waals surface area contributed by atoms with Crippen LogP contribution in [0.1, 0.15) is 28.9 Å². The summed E-state index contributed by atoms with van der Waals surface area (Å²) in [5, 5.41) is 5.33. The van der Waals surface area contributed by atoms with E-state index < -0.39 is 17.8 Å². The van der Waals surface area contributed by atoms with Gasteiger partial charge in [0, 0.05) is 5.69 Å².